The van der Waals surface area contributed by atoms with Gasteiger partial charge >= 0.3 is 0 Å². The van der Waals surface area contributed by atoms with E-state index in [-0.39, 0.29) is 23.7 Å². The number of ether oxygens (including phenoxy) is 2. The average Bonchev–Trinajstić information content (AvgIpc) is 3.32. The Hall–Kier alpha value is -2.60. The molecule has 1 N–H and O–H groups in total. The Morgan fingerprint density at radius 1 is 1.13 bits per heavy atom. The van der Waals surface area contributed by atoms with E-state index in [2.05, 4.69) is 10.2 Å². The molecule has 0 aromatic heterocycles. The predicted octanol–water partition coefficient (Wildman–Crippen LogP) is 4.25. The van der Waals surface area contributed by atoms with Gasteiger partial charge in [-0.3, -0.25) is 9.69 Å². The van der Waals surface area contributed by atoms with Crippen LogP contribution >= 0.6 is 0 Å². The number of methoxy groups -OCH3 is 2. The Morgan fingerprint density at radius 2 is 1.87 bits per heavy atom. The Morgan fingerprint density at radius 3 is 2.58 bits per heavy atom. The van der Waals surface area contributed by atoms with Crippen LogP contribution in [-0.4, -0.2) is 38.1 Å². The molecule has 0 spiro atoms. The van der Waals surface area contributed by atoms with E-state index in [9.17, 15) is 9.18 Å². The monoisotopic (exact) mass is 426 g/mol. The SMILES string of the molecule is COc1cc2c(cc1OC)[C@@H](CNC(=O)C1CCCC1)N(Cc1cccc(F)c1)CC2. The zero-order valence-corrected chi connectivity index (χ0v) is 18.3. The van der Waals surface area contributed by atoms with E-state index in [0.717, 1.165) is 49.8 Å². The molecule has 1 aliphatic heterocycles. The third-order valence-electron chi connectivity index (χ3n) is 6.58. The smallest absolute Gasteiger partial charge is 0.223 e. The lowest BCUT2D eigenvalue weighted by Gasteiger charge is -2.38. The highest BCUT2D eigenvalue weighted by Gasteiger charge is 2.31. The second-order valence-electron chi connectivity index (χ2n) is 8.50. The summed E-state index contributed by atoms with van der Waals surface area (Å²) in [6.07, 6.45) is 5.08. The van der Waals surface area contributed by atoms with Gasteiger partial charge in [-0.05, 0) is 60.2 Å². The minimum Gasteiger partial charge on any atom is -0.493 e. The van der Waals surface area contributed by atoms with Crippen LogP contribution in [0.4, 0.5) is 4.39 Å². The lowest BCUT2D eigenvalue weighted by atomic mass is 9.91. The summed E-state index contributed by atoms with van der Waals surface area (Å²) in [5, 5.41) is 3.20. The van der Waals surface area contributed by atoms with Crippen LogP contribution in [0.3, 0.4) is 0 Å². The van der Waals surface area contributed by atoms with Gasteiger partial charge in [0.15, 0.2) is 11.5 Å². The van der Waals surface area contributed by atoms with E-state index in [1.165, 1.54) is 11.6 Å². The number of rotatable bonds is 7. The van der Waals surface area contributed by atoms with Crippen molar-refractivity contribution in [1.29, 1.82) is 0 Å². The van der Waals surface area contributed by atoms with Crippen molar-refractivity contribution in [2.75, 3.05) is 27.3 Å². The minimum absolute atomic E-state index is 0.0165. The van der Waals surface area contributed by atoms with E-state index < -0.39 is 0 Å². The van der Waals surface area contributed by atoms with Crippen LogP contribution in [0.15, 0.2) is 36.4 Å². The number of carbonyl (C=O) groups excluding carboxylic acids is 1. The molecular weight excluding hydrogens is 395 g/mol. The summed E-state index contributed by atoms with van der Waals surface area (Å²) in [5.74, 6) is 1.45. The number of carbonyl (C=O) groups is 1. The highest BCUT2D eigenvalue weighted by atomic mass is 19.1. The van der Waals surface area contributed by atoms with Gasteiger partial charge in [-0.15, -0.1) is 0 Å². The summed E-state index contributed by atoms with van der Waals surface area (Å²) in [6, 6.07) is 10.8. The molecule has 1 atom stereocenters. The molecule has 4 rings (SSSR count). The average molecular weight is 427 g/mol. The Bertz CT molecular complexity index is 927. The summed E-state index contributed by atoms with van der Waals surface area (Å²) in [5.41, 5.74) is 3.26. The highest BCUT2D eigenvalue weighted by Crippen LogP contribution is 2.38. The molecule has 2 aliphatic rings. The first-order valence-electron chi connectivity index (χ1n) is 11.1. The summed E-state index contributed by atoms with van der Waals surface area (Å²) >= 11 is 0. The van der Waals surface area contributed by atoms with Gasteiger partial charge in [-0.25, -0.2) is 4.39 Å². The van der Waals surface area contributed by atoms with Crippen molar-refractivity contribution in [2.45, 2.75) is 44.7 Å². The predicted molar refractivity (Wildman–Crippen MR) is 118 cm³/mol. The lowest BCUT2D eigenvalue weighted by molar-refractivity contribution is -0.125. The third kappa shape index (κ3) is 4.85. The van der Waals surface area contributed by atoms with Crippen molar-refractivity contribution < 1.29 is 18.7 Å². The standard InChI is InChI=1S/C25H31FN2O3/c1-30-23-13-19-10-11-28(16-17-6-5-9-20(26)12-17)22(21(19)14-24(23)31-2)15-27-25(29)18-7-3-4-8-18/h5-6,9,12-14,18,22H,3-4,7-8,10-11,15-16H2,1-2H3,(H,27,29)/t22-/m1/s1. The van der Waals surface area contributed by atoms with E-state index in [1.807, 2.05) is 18.2 Å². The van der Waals surface area contributed by atoms with E-state index in [0.29, 0.717) is 24.6 Å². The van der Waals surface area contributed by atoms with Crippen LogP contribution in [-0.2, 0) is 17.8 Å². The minimum atomic E-state index is -0.229. The van der Waals surface area contributed by atoms with Gasteiger partial charge < -0.3 is 14.8 Å². The maximum Gasteiger partial charge on any atom is 0.223 e. The number of fused-ring (bicyclic) bond motifs is 1. The van der Waals surface area contributed by atoms with Crippen LogP contribution < -0.4 is 14.8 Å². The molecule has 0 saturated heterocycles. The topological polar surface area (TPSA) is 50.8 Å². The molecule has 1 heterocycles. The van der Waals surface area contributed by atoms with Gasteiger partial charge in [-0.1, -0.05) is 25.0 Å². The molecule has 0 unspecified atom stereocenters. The molecule has 6 heteroatoms. The molecule has 0 radical (unpaired) electrons. The van der Waals surface area contributed by atoms with Gasteiger partial charge in [-0.2, -0.15) is 0 Å². The Kier molecular flexibility index (Phi) is 6.76. The molecule has 31 heavy (non-hydrogen) atoms. The molecule has 1 aliphatic carbocycles. The largest absolute Gasteiger partial charge is 0.493 e. The van der Waals surface area contributed by atoms with E-state index in [1.54, 1.807) is 26.4 Å². The Balaban J connectivity index is 1.60. The lowest BCUT2D eigenvalue weighted by Crippen LogP contribution is -2.43. The van der Waals surface area contributed by atoms with Crippen molar-refractivity contribution in [3.05, 3.63) is 58.9 Å². The van der Waals surface area contributed by atoms with Gasteiger partial charge in [0, 0.05) is 25.6 Å². The number of halogens is 1. The summed E-state index contributed by atoms with van der Waals surface area (Å²) in [6.45, 7) is 1.96. The number of amides is 1. The van der Waals surface area contributed by atoms with Crippen molar-refractivity contribution in [2.24, 2.45) is 5.92 Å². The second kappa shape index (κ2) is 9.69. The molecule has 2 aromatic carbocycles. The molecule has 2 aromatic rings. The highest BCUT2D eigenvalue weighted by molar-refractivity contribution is 5.78. The third-order valence-corrected chi connectivity index (χ3v) is 6.58. The van der Waals surface area contributed by atoms with E-state index >= 15 is 0 Å². The zero-order chi connectivity index (χ0) is 21.8. The first-order valence-corrected chi connectivity index (χ1v) is 11.1. The van der Waals surface area contributed by atoms with Crippen LogP contribution in [0.1, 0.15) is 48.4 Å². The van der Waals surface area contributed by atoms with Gasteiger partial charge in [0.1, 0.15) is 5.82 Å². The summed E-state index contributed by atoms with van der Waals surface area (Å²) in [7, 11) is 3.27. The summed E-state index contributed by atoms with van der Waals surface area (Å²) in [4.78, 5) is 15.0. The number of hydrogen-bond acceptors (Lipinski definition) is 4. The number of nitrogens with one attached hydrogen (secondary N) is 1. The van der Waals surface area contributed by atoms with E-state index in [4.69, 9.17) is 9.47 Å². The fourth-order valence-electron chi connectivity index (χ4n) is 4.91. The van der Waals surface area contributed by atoms with Crippen molar-refractivity contribution >= 4 is 5.91 Å². The molecule has 1 fully saturated rings. The molecule has 1 saturated carbocycles. The fourth-order valence-corrected chi connectivity index (χ4v) is 4.91. The molecular formula is C25H31FN2O3. The van der Waals surface area contributed by atoms with Gasteiger partial charge in [0.05, 0.1) is 20.3 Å². The normalized spacial score (nSPS) is 19.1. The maximum absolute atomic E-state index is 13.8. The van der Waals surface area contributed by atoms with Crippen molar-refractivity contribution in [3.8, 4) is 11.5 Å². The van der Waals surface area contributed by atoms with Crippen molar-refractivity contribution in [1.82, 2.24) is 10.2 Å². The molecule has 1 amide bonds. The molecule has 0 bridgehead atoms. The fraction of sp³-hybridized carbons (Fsp3) is 0.480. The zero-order valence-electron chi connectivity index (χ0n) is 18.3. The second-order valence-corrected chi connectivity index (χ2v) is 8.50. The van der Waals surface area contributed by atoms with Gasteiger partial charge in [0.25, 0.3) is 0 Å². The first kappa shape index (κ1) is 21.6. The Labute approximate surface area is 183 Å². The quantitative estimate of drug-likeness (QED) is 0.719. The van der Waals surface area contributed by atoms with Crippen molar-refractivity contribution in [3.63, 3.8) is 0 Å². The number of hydrogen-bond donors (Lipinski definition) is 1. The maximum atomic E-state index is 13.8. The van der Waals surface area contributed by atoms with Gasteiger partial charge in [0.2, 0.25) is 5.91 Å². The van der Waals surface area contributed by atoms with Crippen LogP contribution in [0.2, 0.25) is 0 Å². The first-order chi connectivity index (χ1) is 15.1. The molecule has 166 valence electrons. The summed E-state index contributed by atoms with van der Waals surface area (Å²) < 4.78 is 24.8. The number of nitrogens with zero attached hydrogens (tertiary/aromatic N) is 1. The van der Waals surface area contributed by atoms with Crippen LogP contribution in [0.5, 0.6) is 11.5 Å². The number of benzene rings is 2. The van der Waals surface area contributed by atoms with Crippen LogP contribution in [0, 0.1) is 11.7 Å². The van der Waals surface area contributed by atoms with Crippen LogP contribution in [0.25, 0.3) is 0 Å². The molecule has 5 nitrogen and oxygen atoms in total.